The Bertz CT molecular complexity index is 298. The van der Waals surface area contributed by atoms with Gasteiger partial charge in [-0.2, -0.15) is 0 Å². The van der Waals surface area contributed by atoms with Crippen molar-refractivity contribution >= 4 is 11.9 Å². The highest BCUT2D eigenvalue weighted by molar-refractivity contribution is 5.70. The van der Waals surface area contributed by atoms with E-state index < -0.39 is 11.9 Å². The van der Waals surface area contributed by atoms with E-state index in [1.807, 2.05) is 0 Å². The Kier molecular flexibility index (Phi) is 9.11. The Morgan fingerprint density at radius 3 is 1.00 bits per heavy atom. The Labute approximate surface area is 127 Å². The second-order valence-corrected chi connectivity index (χ2v) is 6.41. The molecule has 0 atom stereocenters. The van der Waals surface area contributed by atoms with E-state index >= 15 is 0 Å². The zero-order valence-electron chi connectivity index (χ0n) is 13.1. The number of carbonyl (C=O) groups is 2. The number of carboxylic acids is 2. The highest BCUT2D eigenvalue weighted by Crippen LogP contribution is 2.23. The molecule has 2 fully saturated rings. The number of hydrogen-bond donors (Lipinski definition) is 2. The predicted octanol–water partition coefficient (Wildman–Crippen LogP) is 4.47. The van der Waals surface area contributed by atoms with E-state index in [9.17, 15) is 9.59 Å². The van der Waals surface area contributed by atoms with Crippen LogP contribution in [-0.4, -0.2) is 22.2 Å². The lowest BCUT2D eigenvalue weighted by Gasteiger charge is -2.14. The van der Waals surface area contributed by atoms with Gasteiger partial charge in [0.05, 0.1) is 11.8 Å². The van der Waals surface area contributed by atoms with Gasteiger partial charge in [-0.3, -0.25) is 9.59 Å². The van der Waals surface area contributed by atoms with E-state index in [1.54, 1.807) is 0 Å². The molecule has 0 heterocycles. The van der Waals surface area contributed by atoms with E-state index in [0.29, 0.717) is 0 Å². The van der Waals surface area contributed by atoms with Crippen LogP contribution in [0.5, 0.6) is 0 Å². The zero-order chi connectivity index (χ0) is 15.5. The van der Waals surface area contributed by atoms with Crippen LogP contribution in [0, 0.1) is 11.8 Å². The summed E-state index contributed by atoms with van der Waals surface area (Å²) in [5, 5.41) is 17.4. The van der Waals surface area contributed by atoms with Gasteiger partial charge in [-0.15, -0.1) is 0 Å². The lowest BCUT2D eigenvalue weighted by Crippen LogP contribution is -2.14. The summed E-state index contributed by atoms with van der Waals surface area (Å²) in [6.07, 6.45) is 14.2. The molecule has 21 heavy (non-hydrogen) atoms. The third-order valence-electron chi connectivity index (χ3n) is 4.66. The molecular weight excluding hydrogens is 268 g/mol. The number of rotatable bonds is 2. The second kappa shape index (κ2) is 10.6. The van der Waals surface area contributed by atoms with Crippen molar-refractivity contribution in [3.8, 4) is 0 Å². The van der Waals surface area contributed by atoms with Crippen LogP contribution in [0.3, 0.4) is 0 Å². The van der Waals surface area contributed by atoms with Crippen LogP contribution in [0.25, 0.3) is 0 Å². The molecule has 4 heteroatoms. The molecule has 0 bridgehead atoms. The summed E-state index contributed by atoms with van der Waals surface area (Å²) in [5.41, 5.74) is 0. The minimum atomic E-state index is -0.595. The van der Waals surface area contributed by atoms with Crippen LogP contribution in [0.15, 0.2) is 0 Å². The van der Waals surface area contributed by atoms with Gasteiger partial charge >= 0.3 is 11.9 Å². The molecule has 0 aromatic rings. The van der Waals surface area contributed by atoms with Crippen LogP contribution in [-0.2, 0) is 9.59 Å². The first-order valence-electron chi connectivity index (χ1n) is 8.57. The summed E-state index contributed by atoms with van der Waals surface area (Å²) < 4.78 is 0. The molecule has 122 valence electrons. The van der Waals surface area contributed by atoms with Crippen molar-refractivity contribution in [3.05, 3.63) is 0 Å². The summed E-state index contributed by atoms with van der Waals surface area (Å²) >= 11 is 0. The Balaban J connectivity index is 0.000000211. The van der Waals surface area contributed by atoms with Crippen molar-refractivity contribution in [1.82, 2.24) is 0 Å². The SMILES string of the molecule is O=C(O)C1CCCCCC1.O=C(O)C1CCCCCCC1. The zero-order valence-corrected chi connectivity index (χ0v) is 13.1. The molecular formula is C17H30O4. The fraction of sp³-hybridized carbons (Fsp3) is 0.882. The molecule has 0 aromatic heterocycles. The topological polar surface area (TPSA) is 74.6 Å². The highest BCUT2D eigenvalue weighted by Gasteiger charge is 2.18. The van der Waals surface area contributed by atoms with Gasteiger partial charge in [0.1, 0.15) is 0 Å². The Morgan fingerprint density at radius 1 is 0.524 bits per heavy atom. The van der Waals surface area contributed by atoms with Gasteiger partial charge in [0.15, 0.2) is 0 Å². The number of aliphatic carboxylic acids is 2. The molecule has 2 aliphatic carbocycles. The first kappa shape index (κ1) is 18.0. The van der Waals surface area contributed by atoms with Crippen molar-refractivity contribution in [2.45, 2.75) is 83.5 Å². The fourth-order valence-corrected chi connectivity index (χ4v) is 3.23. The van der Waals surface area contributed by atoms with Crippen molar-refractivity contribution in [2.24, 2.45) is 11.8 Å². The minimum absolute atomic E-state index is 0.0394. The van der Waals surface area contributed by atoms with E-state index in [4.69, 9.17) is 10.2 Å². The standard InChI is InChI=1S/C9H16O2.C8H14O2/c10-9(11)8-6-4-2-1-3-5-7-8;9-8(10)7-5-3-1-2-4-6-7/h8H,1-7H2,(H,10,11);7H,1-6H2,(H,9,10). The van der Waals surface area contributed by atoms with Crippen molar-refractivity contribution in [2.75, 3.05) is 0 Å². The molecule has 0 saturated heterocycles. The largest absolute Gasteiger partial charge is 0.481 e. The molecule has 2 rings (SSSR count). The molecule has 0 aliphatic heterocycles. The summed E-state index contributed by atoms with van der Waals surface area (Å²) in [6.45, 7) is 0. The third kappa shape index (κ3) is 8.08. The maximum absolute atomic E-state index is 10.6. The van der Waals surface area contributed by atoms with Gasteiger partial charge in [-0.25, -0.2) is 0 Å². The lowest BCUT2D eigenvalue weighted by atomic mass is 9.91. The van der Waals surface area contributed by atoms with Gasteiger partial charge in [0.25, 0.3) is 0 Å². The first-order chi connectivity index (χ1) is 10.1. The smallest absolute Gasteiger partial charge is 0.306 e. The van der Waals surface area contributed by atoms with Crippen LogP contribution < -0.4 is 0 Å². The average Bonchev–Trinajstić information content (AvgIpc) is 2.67. The molecule has 0 amide bonds. The van der Waals surface area contributed by atoms with Crippen molar-refractivity contribution in [1.29, 1.82) is 0 Å². The van der Waals surface area contributed by atoms with E-state index in [-0.39, 0.29) is 11.8 Å². The monoisotopic (exact) mass is 298 g/mol. The van der Waals surface area contributed by atoms with Gasteiger partial charge < -0.3 is 10.2 Å². The van der Waals surface area contributed by atoms with Crippen molar-refractivity contribution < 1.29 is 19.8 Å². The normalized spacial score (nSPS) is 22.1. The fourth-order valence-electron chi connectivity index (χ4n) is 3.23. The van der Waals surface area contributed by atoms with Gasteiger partial charge in [0.2, 0.25) is 0 Å². The van der Waals surface area contributed by atoms with Crippen LogP contribution in [0.2, 0.25) is 0 Å². The molecule has 0 unspecified atom stereocenters. The molecule has 0 spiro atoms. The molecule has 0 radical (unpaired) electrons. The van der Waals surface area contributed by atoms with E-state index in [2.05, 4.69) is 0 Å². The summed E-state index contributed by atoms with van der Waals surface area (Å²) in [6, 6.07) is 0. The highest BCUT2D eigenvalue weighted by atomic mass is 16.4. The molecule has 2 aliphatic rings. The molecule has 2 saturated carbocycles. The average molecular weight is 298 g/mol. The molecule has 4 nitrogen and oxygen atoms in total. The van der Waals surface area contributed by atoms with Crippen LogP contribution in [0.4, 0.5) is 0 Å². The second-order valence-electron chi connectivity index (χ2n) is 6.41. The maximum atomic E-state index is 10.6. The summed E-state index contributed by atoms with van der Waals surface area (Å²) in [5.74, 6) is -1.27. The van der Waals surface area contributed by atoms with Gasteiger partial charge in [-0.1, -0.05) is 57.8 Å². The quantitative estimate of drug-likeness (QED) is 0.737. The summed E-state index contributed by atoms with van der Waals surface area (Å²) in [7, 11) is 0. The minimum Gasteiger partial charge on any atom is -0.481 e. The third-order valence-corrected chi connectivity index (χ3v) is 4.66. The summed E-state index contributed by atoms with van der Waals surface area (Å²) in [4.78, 5) is 21.1. The number of carboxylic acid groups (broad SMARTS) is 2. The van der Waals surface area contributed by atoms with Gasteiger partial charge in [0, 0.05) is 0 Å². The Morgan fingerprint density at radius 2 is 0.762 bits per heavy atom. The predicted molar refractivity (Wildman–Crippen MR) is 82.3 cm³/mol. The maximum Gasteiger partial charge on any atom is 0.306 e. The first-order valence-corrected chi connectivity index (χ1v) is 8.57. The lowest BCUT2D eigenvalue weighted by molar-refractivity contribution is -0.143. The van der Waals surface area contributed by atoms with E-state index in [0.717, 1.165) is 51.4 Å². The Hall–Kier alpha value is -1.06. The number of hydrogen-bond acceptors (Lipinski definition) is 2. The molecule has 2 N–H and O–H groups in total. The van der Waals surface area contributed by atoms with Crippen LogP contribution in [0.1, 0.15) is 83.5 Å². The van der Waals surface area contributed by atoms with Gasteiger partial charge in [-0.05, 0) is 25.7 Å². The van der Waals surface area contributed by atoms with Crippen LogP contribution >= 0.6 is 0 Å². The van der Waals surface area contributed by atoms with Crippen molar-refractivity contribution in [3.63, 3.8) is 0 Å². The molecule has 0 aromatic carbocycles. The van der Waals surface area contributed by atoms with E-state index in [1.165, 1.54) is 32.1 Å².